The fourth-order valence-corrected chi connectivity index (χ4v) is 1.34. The third-order valence-corrected chi connectivity index (χ3v) is 2.38. The Kier molecular flexibility index (Phi) is 5.51. The highest BCUT2D eigenvalue weighted by Crippen LogP contribution is 2.06. The molecule has 0 spiro atoms. The third-order valence-electron chi connectivity index (χ3n) is 2.38. The van der Waals surface area contributed by atoms with E-state index in [-0.39, 0.29) is 12.4 Å². The summed E-state index contributed by atoms with van der Waals surface area (Å²) in [6, 6.07) is 7.68. The second kappa shape index (κ2) is 6.96. The summed E-state index contributed by atoms with van der Waals surface area (Å²) in [5.41, 5.74) is 1.96. The fraction of sp³-hybridized carbons (Fsp3) is 0.357. The number of carbonyl (C=O) groups is 1. The quantitative estimate of drug-likeness (QED) is 0.399. The molecule has 0 bridgehead atoms. The smallest absolute Gasteiger partial charge is 0.188 e. The molecule has 0 aliphatic heterocycles. The predicted octanol–water partition coefficient (Wildman–Crippen LogP) is 3.02. The molecule has 0 atom stereocenters. The first kappa shape index (κ1) is 12.7. The summed E-state index contributed by atoms with van der Waals surface area (Å²) < 4.78 is 5.23. The molecule has 0 fully saturated rings. The Hall–Kier alpha value is -1.41. The number of Topliss-reactive ketones (excluding diaryl/α,β-unsaturated/α-hetero) is 1. The molecular formula is C14H18O2. The van der Waals surface area contributed by atoms with Crippen LogP contribution in [0, 0.1) is 0 Å². The average Bonchev–Trinajstić information content (AvgIpc) is 2.34. The van der Waals surface area contributed by atoms with Gasteiger partial charge in [-0.1, -0.05) is 37.3 Å². The van der Waals surface area contributed by atoms with Crippen LogP contribution in [0.5, 0.6) is 0 Å². The Bertz CT molecular complexity index is 338. The maximum Gasteiger partial charge on any atom is 0.188 e. The van der Waals surface area contributed by atoms with Gasteiger partial charge < -0.3 is 4.74 Å². The van der Waals surface area contributed by atoms with Crippen LogP contribution in [0.2, 0.25) is 0 Å². The number of hydrogen-bond acceptors (Lipinski definition) is 2. The van der Waals surface area contributed by atoms with Gasteiger partial charge in [0.15, 0.2) is 5.78 Å². The first-order valence-electron chi connectivity index (χ1n) is 5.58. The fourth-order valence-electron chi connectivity index (χ4n) is 1.34. The Morgan fingerprint density at radius 2 is 2.06 bits per heavy atom. The predicted molar refractivity (Wildman–Crippen MR) is 65.8 cm³/mol. The molecule has 86 valence electrons. The summed E-state index contributed by atoms with van der Waals surface area (Å²) in [6.07, 6.45) is 3.55. The standard InChI is InChI=1S/C14H18O2/c1-3-5-10-16-11-14(15)13-8-6-12(4-2)7-9-13/h3,6-9H,1,4-5,10-11H2,2H3. The van der Waals surface area contributed by atoms with E-state index in [1.165, 1.54) is 5.56 Å². The van der Waals surface area contributed by atoms with Crippen LogP contribution < -0.4 is 0 Å². The molecule has 2 heteroatoms. The molecule has 0 aliphatic carbocycles. The zero-order chi connectivity index (χ0) is 11.8. The molecule has 0 heterocycles. The van der Waals surface area contributed by atoms with E-state index >= 15 is 0 Å². The van der Waals surface area contributed by atoms with Crippen LogP contribution in [0.25, 0.3) is 0 Å². The minimum atomic E-state index is 0.0340. The van der Waals surface area contributed by atoms with E-state index in [0.717, 1.165) is 18.4 Å². The van der Waals surface area contributed by atoms with Crippen molar-refractivity contribution >= 4 is 5.78 Å². The van der Waals surface area contributed by atoms with Gasteiger partial charge in [-0.25, -0.2) is 0 Å². The average molecular weight is 218 g/mol. The molecule has 16 heavy (non-hydrogen) atoms. The molecule has 0 radical (unpaired) electrons. The van der Waals surface area contributed by atoms with E-state index in [4.69, 9.17) is 4.74 Å². The second-order valence-electron chi connectivity index (χ2n) is 3.60. The highest BCUT2D eigenvalue weighted by atomic mass is 16.5. The molecule has 0 unspecified atom stereocenters. The van der Waals surface area contributed by atoms with Gasteiger partial charge >= 0.3 is 0 Å². The van der Waals surface area contributed by atoms with Gasteiger partial charge in [-0.15, -0.1) is 6.58 Å². The lowest BCUT2D eigenvalue weighted by molar-refractivity contribution is 0.0768. The van der Waals surface area contributed by atoms with Gasteiger partial charge in [0.2, 0.25) is 0 Å². The maximum absolute atomic E-state index is 11.7. The Morgan fingerprint density at radius 3 is 2.62 bits per heavy atom. The van der Waals surface area contributed by atoms with Crippen molar-refractivity contribution in [2.75, 3.05) is 13.2 Å². The van der Waals surface area contributed by atoms with Crippen molar-refractivity contribution in [3.63, 3.8) is 0 Å². The minimum Gasteiger partial charge on any atom is -0.373 e. The lowest BCUT2D eigenvalue weighted by Gasteiger charge is -2.03. The molecule has 1 rings (SSSR count). The summed E-state index contributed by atoms with van der Waals surface area (Å²) in [4.78, 5) is 11.7. The van der Waals surface area contributed by atoms with Crippen LogP contribution in [-0.2, 0) is 11.2 Å². The van der Waals surface area contributed by atoms with Gasteiger partial charge in [0, 0.05) is 5.56 Å². The molecule has 1 aromatic rings. The summed E-state index contributed by atoms with van der Waals surface area (Å²) in [5.74, 6) is 0.0340. The van der Waals surface area contributed by atoms with Crippen molar-refractivity contribution in [1.82, 2.24) is 0 Å². The summed E-state index contributed by atoms with van der Waals surface area (Å²) in [7, 11) is 0. The molecule has 0 saturated carbocycles. The third kappa shape index (κ3) is 3.99. The molecular weight excluding hydrogens is 200 g/mol. The summed E-state index contributed by atoms with van der Waals surface area (Å²) in [5, 5.41) is 0. The van der Waals surface area contributed by atoms with Gasteiger partial charge in [0.25, 0.3) is 0 Å². The van der Waals surface area contributed by atoms with E-state index in [1.807, 2.05) is 24.3 Å². The van der Waals surface area contributed by atoms with Crippen molar-refractivity contribution < 1.29 is 9.53 Å². The van der Waals surface area contributed by atoms with Crippen molar-refractivity contribution in [2.24, 2.45) is 0 Å². The highest BCUT2D eigenvalue weighted by Gasteiger charge is 2.04. The zero-order valence-corrected chi connectivity index (χ0v) is 9.74. The number of ketones is 1. The first-order valence-corrected chi connectivity index (χ1v) is 5.58. The summed E-state index contributed by atoms with van der Waals surface area (Å²) >= 11 is 0. The van der Waals surface area contributed by atoms with Crippen LogP contribution >= 0.6 is 0 Å². The van der Waals surface area contributed by atoms with Crippen molar-refractivity contribution in [2.45, 2.75) is 19.8 Å². The Balaban J connectivity index is 2.43. The normalized spacial score (nSPS) is 10.1. The lowest BCUT2D eigenvalue weighted by Crippen LogP contribution is -2.09. The lowest BCUT2D eigenvalue weighted by atomic mass is 10.1. The van der Waals surface area contributed by atoms with E-state index < -0.39 is 0 Å². The van der Waals surface area contributed by atoms with Crippen LogP contribution in [0.3, 0.4) is 0 Å². The maximum atomic E-state index is 11.7. The molecule has 0 N–H and O–H groups in total. The van der Waals surface area contributed by atoms with Crippen LogP contribution in [0.1, 0.15) is 29.3 Å². The SMILES string of the molecule is C=CCCOCC(=O)c1ccc(CC)cc1. The Morgan fingerprint density at radius 1 is 1.38 bits per heavy atom. The van der Waals surface area contributed by atoms with E-state index in [1.54, 1.807) is 6.08 Å². The highest BCUT2D eigenvalue weighted by molar-refractivity contribution is 5.97. The second-order valence-corrected chi connectivity index (χ2v) is 3.60. The van der Waals surface area contributed by atoms with Gasteiger partial charge in [0.1, 0.15) is 6.61 Å². The van der Waals surface area contributed by atoms with Gasteiger partial charge in [-0.3, -0.25) is 4.79 Å². The minimum absolute atomic E-state index is 0.0340. The van der Waals surface area contributed by atoms with Crippen LogP contribution in [-0.4, -0.2) is 19.0 Å². The number of ether oxygens (including phenoxy) is 1. The number of aryl methyl sites for hydroxylation is 1. The summed E-state index contributed by atoms with van der Waals surface area (Å²) in [6.45, 7) is 6.39. The largest absolute Gasteiger partial charge is 0.373 e. The molecule has 1 aromatic carbocycles. The van der Waals surface area contributed by atoms with E-state index in [0.29, 0.717) is 6.61 Å². The molecule has 0 aromatic heterocycles. The van der Waals surface area contributed by atoms with E-state index in [9.17, 15) is 4.79 Å². The van der Waals surface area contributed by atoms with Crippen LogP contribution in [0.4, 0.5) is 0 Å². The van der Waals surface area contributed by atoms with Gasteiger partial charge in [0.05, 0.1) is 6.61 Å². The number of carbonyl (C=O) groups excluding carboxylic acids is 1. The first-order chi connectivity index (χ1) is 7.77. The zero-order valence-electron chi connectivity index (χ0n) is 9.74. The molecule has 0 aliphatic rings. The van der Waals surface area contributed by atoms with Gasteiger partial charge in [-0.05, 0) is 18.4 Å². The van der Waals surface area contributed by atoms with Crippen molar-refractivity contribution in [3.8, 4) is 0 Å². The topological polar surface area (TPSA) is 26.3 Å². The molecule has 0 amide bonds. The molecule has 0 saturated heterocycles. The van der Waals surface area contributed by atoms with Crippen LogP contribution in [0.15, 0.2) is 36.9 Å². The number of benzene rings is 1. The van der Waals surface area contributed by atoms with E-state index in [2.05, 4.69) is 13.5 Å². The monoisotopic (exact) mass is 218 g/mol. The molecule has 2 nitrogen and oxygen atoms in total. The Labute approximate surface area is 96.9 Å². The van der Waals surface area contributed by atoms with Crippen molar-refractivity contribution in [3.05, 3.63) is 48.0 Å². The number of rotatable bonds is 7. The van der Waals surface area contributed by atoms with Gasteiger partial charge in [-0.2, -0.15) is 0 Å². The number of hydrogen-bond donors (Lipinski definition) is 0. The van der Waals surface area contributed by atoms with Crippen molar-refractivity contribution in [1.29, 1.82) is 0 Å².